The topological polar surface area (TPSA) is 91.1 Å². The van der Waals surface area contributed by atoms with Crippen molar-refractivity contribution in [1.29, 1.82) is 0 Å². The molecule has 3 aromatic rings. The van der Waals surface area contributed by atoms with Crippen molar-refractivity contribution < 1.29 is 32.9 Å². The summed E-state index contributed by atoms with van der Waals surface area (Å²) < 4.78 is 47.8. The van der Waals surface area contributed by atoms with Crippen LogP contribution in [0.4, 0.5) is 19.0 Å². The number of carbonyl (C=O) groups excluding carboxylic acids is 1. The number of rotatable bonds is 7. The van der Waals surface area contributed by atoms with Gasteiger partial charge in [-0.25, -0.2) is 13.2 Å². The zero-order chi connectivity index (χ0) is 23.7. The quantitative estimate of drug-likeness (QED) is 0.561. The van der Waals surface area contributed by atoms with Crippen LogP contribution in [0.25, 0.3) is 0 Å². The first-order valence-corrected chi connectivity index (χ1v) is 10.1. The van der Waals surface area contributed by atoms with Crippen LogP contribution < -0.4 is 9.64 Å². The maximum atomic E-state index is 13.7. The molecule has 2 aromatic carbocycles. The van der Waals surface area contributed by atoms with Crippen LogP contribution in [-0.4, -0.2) is 57.1 Å². The molecule has 11 heteroatoms. The standard InChI is InChI=1S/C22H21F3N4O4/c1-27-19-18(20(31)28(22(27)32)7-2-8-30)29(12-13-3-5-14(23)6-4-13)21(26-19)33-17-10-15(24)9-16(25)11-17/h3-6,9-11,22,30,32H,2,7-8,12H2,1H3/t22-/m1/s1. The Hall–Kier alpha value is -3.57. The van der Waals surface area contributed by atoms with Crippen LogP contribution in [0.2, 0.25) is 0 Å². The minimum atomic E-state index is -1.34. The summed E-state index contributed by atoms with van der Waals surface area (Å²) in [6.45, 7) is -0.0754. The lowest BCUT2D eigenvalue weighted by molar-refractivity contribution is 0.00112. The Morgan fingerprint density at radius 3 is 2.36 bits per heavy atom. The van der Waals surface area contributed by atoms with E-state index in [0.29, 0.717) is 11.6 Å². The third-order valence-corrected chi connectivity index (χ3v) is 5.19. The fraction of sp³-hybridized carbons (Fsp3) is 0.273. The van der Waals surface area contributed by atoms with Crippen molar-refractivity contribution in [2.24, 2.45) is 0 Å². The number of aliphatic hydroxyl groups excluding tert-OH is 2. The Bertz CT molecular complexity index is 1150. The third kappa shape index (κ3) is 4.50. The number of benzene rings is 2. The molecule has 0 spiro atoms. The van der Waals surface area contributed by atoms with E-state index in [1.807, 2.05) is 0 Å². The molecule has 1 aliphatic heterocycles. The lowest BCUT2D eigenvalue weighted by Gasteiger charge is -2.38. The van der Waals surface area contributed by atoms with E-state index in [0.717, 1.165) is 17.0 Å². The highest BCUT2D eigenvalue weighted by atomic mass is 19.1. The molecule has 0 aliphatic carbocycles. The summed E-state index contributed by atoms with van der Waals surface area (Å²) in [5.41, 5.74) is 0.673. The first kappa shape index (κ1) is 22.6. The van der Waals surface area contributed by atoms with Gasteiger partial charge in [0, 0.05) is 38.4 Å². The number of aliphatic hydroxyl groups is 2. The Labute approximate surface area is 187 Å². The number of carbonyl (C=O) groups is 1. The highest BCUT2D eigenvalue weighted by molar-refractivity contribution is 5.99. The third-order valence-electron chi connectivity index (χ3n) is 5.19. The molecule has 1 aliphatic rings. The van der Waals surface area contributed by atoms with Crippen molar-refractivity contribution in [2.45, 2.75) is 19.3 Å². The largest absolute Gasteiger partial charge is 0.425 e. The van der Waals surface area contributed by atoms with Gasteiger partial charge in [0.05, 0.1) is 6.54 Å². The summed E-state index contributed by atoms with van der Waals surface area (Å²) in [5, 5.41) is 19.7. The molecule has 0 unspecified atom stereocenters. The molecule has 1 atom stereocenters. The molecule has 2 N–H and O–H groups in total. The first-order chi connectivity index (χ1) is 15.8. The number of amides is 1. The summed E-state index contributed by atoms with van der Waals surface area (Å²) in [6.07, 6.45) is -1.10. The van der Waals surface area contributed by atoms with E-state index in [1.54, 1.807) is 0 Å². The van der Waals surface area contributed by atoms with Gasteiger partial charge in [-0.15, -0.1) is 0 Å². The average Bonchev–Trinajstić information content (AvgIpc) is 3.11. The zero-order valence-electron chi connectivity index (χ0n) is 17.6. The summed E-state index contributed by atoms with van der Waals surface area (Å²) >= 11 is 0. The molecular weight excluding hydrogens is 441 g/mol. The van der Waals surface area contributed by atoms with Gasteiger partial charge in [0.1, 0.15) is 23.2 Å². The molecule has 1 amide bonds. The predicted molar refractivity (Wildman–Crippen MR) is 111 cm³/mol. The minimum absolute atomic E-state index is 0.0270. The van der Waals surface area contributed by atoms with E-state index in [2.05, 4.69) is 4.98 Å². The van der Waals surface area contributed by atoms with E-state index in [-0.39, 0.29) is 49.4 Å². The molecule has 0 saturated carbocycles. The van der Waals surface area contributed by atoms with Gasteiger partial charge in [-0.2, -0.15) is 4.98 Å². The van der Waals surface area contributed by atoms with Crippen molar-refractivity contribution in [3.8, 4) is 11.8 Å². The molecule has 8 nitrogen and oxygen atoms in total. The molecule has 33 heavy (non-hydrogen) atoms. The van der Waals surface area contributed by atoms with E-state index < -0.39 is 29.7 Å². The maximum absolute atomic E-state index is 13.7. The lowest BCUT2D eigenvalue weighted by atomic mass is 10.2. The number of fused-ring (bicyclic) bond motifs is 1. The van der Waals surface area contributed by atoms with Crippen LogP contribution in [0.3, 0.4) is 0 Å². The second-order valence-electron chi connectivity index (χ2n) is 7.52. The van der Waals surface area contributed by atoms with Gasteiger partial charge in [-0.1, -0.05) is 12.1 Å². The van der Waals surface area contributed by atoms with Gasteiger partial charge in [-0.05, 0) is 24.1 Å². The van der Waals surface area contributed by atoms with E-state index in [1.165, 1.54) is 40.8 Å². The zero-order valence-corrected chi connectivity index (χ0v) is 17.6. The van der Waals surface area contributed by atoms with Gasteiger partial charge in [0.25, 0.3) is 5.91 Å². The van der Waals surface area contributed by atoms with Gasteiger partial charge >= 0.3 is 6.01 Å². The number of ether oxygens (including phenoxy) is 1. The van der Waals surface area contributed by atoms with Gasteiger partial charge in [0.2, 0.25) is 6.35 Å². The highest BCUT2D eigenvalue weighted by Crippen LogP contribution is 2.35. The fourth-order valence-corrected chi connectivity index (χ4v) is 3.58. The monoisotopic (exact) mass is 462 g/mol. The molecule has 0 bridgehead atoms. The minimum Gasteiger partial charge on any atom is -0.425 e. The van der Waals surface area contributed by atoms with Crippen LogP contribution in [0.5, 0.6) is 11.8 Å². The highest BCUT2D eigenvalue weighted by Gasteiger charge is 2.40. The number of halogens is 3. The van der Waals surface area contributed by atoms with Crippen LogP contribution in [0, 0.1) is 17.5 Å². The number of hydrogen-bond donors (Lipinski definition) is 2. The molecule has 4 rings (SSSR count). The predicted octanol–water partition coefficient (Wildman–Crippen LogP) is 2.69. The number of aromatic nitrogens is 2. The molecule has 0 fully saturated rings. The molecule has 1 aromatic heterocycles. The summed E-state index contributed by atoms with van der Waals surface area (Å²) in [5.74, 6) is -2.80. The SMILES string of the molecule is CN1c2nc(Oc3cc(F)cc(F)c3)n(Cc3ccc(F)cc3)c2C(=O)N(CCCO)[C@@H]1O. The number of imidazole rings is 1. The van der Waals surface area contributed by atoms with Crippen LogP contribution >= 0.6 is 0 Å². The Balaban J connectivity index is 1.81. The molecule has 2 heterocycles. The second kappa shape index (κ2) is 9.12. The van der Waals surface area contributed by atoms with Gasteiger partial charge in [0.15, 0.2) is 11.5 Å². The normalized spacial score (nSPS) is 15.7. The average molecular weight is 462 g/mol. The van der Waals surface area contributed by atoms with Crippen molar-refractivity contribution in [1.82, 2.24) is 14.5 Å². The van der Waals surface area contributed by atoms with Crippen LogP contribution in [0.15, 0.2) is 42.5 Å². The van der Waals surface area contributed by atoms with Gasteiger partial charge in [-0.3, -0.25) is 14.3 Å². The Morgan fingerprint density at radius 2 is 1.73 bits per heavy atom. The molecule has 174 valence electrons. The fourth-order valence-electron chi connectivity index (χ4n) is 3.58. The van der Waals surface area contributed by atoms with Crippen LogP contribution in [-0.2, 0) is 6.54 Å². The van der Waals surface area contributed by atoms with E-state index in [4.69, 9.17) is 9.84 Å². The summed E-state index contributed by atoms with van der Waals surface area (Å²) in [4.78, 5) is 20.1. The van der Waals surface area contributed by atoms with Crippen molar-refractivity contribution in [2.75, 3.05) is 25.1 Å². The summed E-state index contributed by atoms with van der Waals surface area (Å²) in [7, 11) is 1.52. The number of hydrogen-bond acceptors (Lipinski definition) is 6. The lowest BCUT2D eigenvalue weighted by Crippen LogP contribution is -2.54. The van der Waals surface area contributed by atoms with E-state index >= 15 is 0 Å². The first-order valence-electron chi connectivity index (χ1n) is 10.1. The van der Waals surface area contributed by atoms with Gasteiger partial charge < -0.3 is 19.8 Å². The number of anilines is 1. The molecule has 0 radical (unpaired) electrons. The number of nitrogens with zero attached hydrogens (tertiary/aromatic N) is 4. The molecular formula is C22H21F3N4O4. The summed E-state index contributed by atoms with van der Waals surface area (Å²) in [6, 6.07) is 8.02. The molecule has 0 saturated heterocycles. The second-order valence-corrected chi connectivity index (χ2v) is 7.52. The van der Waals surface area contributed by atoms with Crippen molar-refractivity contribution >= 4 is 11.7 Å². The Morgan fingerprint density at radius 1 is 1.06 bits per heavy atom. The smallest absolute Gasteiger partial charge is 0.304 e. The maximum Gasteiger partial charge on any atom is 0.304 e. The van der Waals surface area contributed by atoms with Crippen LogP contribution in [0.1, 0.15) is 22.5 Å². The Kier molecular flexibility index (Phi) is 6.25. The van der Waals surface area contributed by atoms with Crippen molar-refractivity contribution in [3.63, 3.8) is 0 Å². The van der Waals surface area contributed by atoms with E-state index in [9.17, 15) is 23.1 Å². The van der Waals surface area contributed by atoms with Crippen molar-refractivity contribution in [3.05, 3.63) is 71.2 Å².